The zero-order valence-corrected chi connectivity index (χ0v) is 11.5. The van der Waals surface area contributed by atoms with Crippen LogP contribution in [0.1, 0.15) is 15.9 Å². The van der Waals surface area contributed by atoms with E-state index in [-0.39, 0.29) is 5.91 Å². The Morgan fingerprint density at radius 2 is 1.90 bits per heavy atom. The number of aryl methyl sites for hydroxylation is 1. The number of amides is 1. The number of rotatable bonds is 3. The van der Waals surface area contributed by atoms with Crippen molar-refractivity contribution in [1.82, 2.24) is 14.8 Å². The van der Waals surface area contributed by atoms with Crippen LogP contribution < -0.4 is 5.32 Å². The maximum absolute atomic E-state index is 12.1. The summed E-state index contributed by atoms with van der Waals surface area (Å²) in [5, 5.41) is 6.95. The lowest BCUT2D eigenvalue weighted by molar-refractivity contribution is 0.102. The molecule has 104 valence electrons. The number of carbonyl (C=O) groups is 1. The highest BCUT2D eigenvalue weighted by atomic mass is 16.1. The van der Waals surface area contributed by atoms with Crippen LogP contribution in [0.15, 0.2) is 61.1 Å². The molecule has 3 aromatic rings. The molecule has 0 saturated carbocycles. The first kappa shape index (κ1) is 13.1. The Kier molecular flexibility index (Phi) is 3.47. The molecule has 3 rings (SSSR count). The molecule has 2 aromatic heterocycles. The number of hydrogen-bond acceptors (Lipinski definition) is 3. The van der Waals surface area contributed by atoms with Gasteiger partial charge in [0.15, 0.2) is 0 Å². The molecule has 5 heteroatoms. The number of hydrogen-bond donors (Lipinski definition) is 1. The Bertz CT molecular complexity index is 747. The van der Waals surface area contributed by atoms with E-state index in [1.54, 1.807) is 23.1 Å². The lowest BCUT2D eigenvalue weighted by Crippen LogP contribution is -2.12. The van der Waals surface area contributed by atoms with E-state index >= 15 is 0 Å². The second-order valence-electron chi connectivity index (χ2n) is 4.68. The van der Waals surface area contributed by atoms with Crippen LogP contribution in [0.25, 0.3) is 5.69 Å². The van der Waals surface area contributed by atoms with E-state index in [1.807, 2.05) is 43.3 Å². The molecular formula is C16H14N4O. The second kappa shape index (κ2) is 5.58. The molecule has 0 aliphatic rings. The number of benzene rings is 1. The van der Waals surface area contributed by atoms with Crippen molar-refractivity contribution in [1.29, 1.82) is 0 Å². The van der Waals surface area contributed by atoms with Crippen LogP contribution in [0.3, 0.4) is 0 Å². The van der Waals surface area contributed by atoms with Gasteiger partial charge in [0.25, 0.3) is 5.91 Å². The lowest BCUT2D eigenvalue weighted by Gasteiger charge is -2.02. The molecule has 21 heavy (non-hydrogen) atoms. The van der Waals surface area contributed by atoms with Crippen LogP contribution in [0.2, 0.25) is 0 Å². The molecule has 0 radical (unpaired) electrons. The molecule has 5 nitrogen and oxygen atoms in total. The molecule has 0 atom stereocenters. The Morgan fingerprint density at radius 3 is 2.62 bits per heavy atom. The summed E-state index contributed by atoms with van der Waals surface area (Å²) in [5.41, 5.74) is 2.44. The van der Waals surface area contributed by atoms with Crippen LogP contribution in [-0.4, -0.2) is 20.7 Å². The van der Waals surface area contributed by atoms with Gasteiger partial charge in [-0.1, -0.05) is 24.3 Å². The van der Waals surface area contributed by atoms with E-state index in [9.17, 15) is 4.79 Å². The highest BCUT2D eigenvalue weighted by Crippen LogP contribution is 2.10. The van der Waals surface area contributed by atoms with Gasteiger partial charge in [0.1, 0.15) is 5.82 Å². The van der Waals surface area contributed by atoms with E-state index in [0.717, 1.165) is 11.3 Å². The smallest absolute Gasteiger partial charge is 0.260 e. The number of nitrogens with zero attached hydrogens (tertiary/aromatic N) is 3. The molecule has 0 saturated heterocycles. The predicted octanol–water partition coefficient (Wildman–Crippen LogP) is 2.83. The molecule has 1 aromatic carbocycles. The van der Waals surface area contributed by atoms with Gasteiger partial charge in [-0.15, -0.1) is 0 Å². The summed E-state index contributed by atoms with van der Waals surface area (Å²) >= 11 is 0. The van der Waals surface area contributed by atoms with Crippen molar-refractivity contribution in [3.8, 4) is 5.69 Å². The van der Waals surface area contributed by atoms with Crippen LogP contribution in [0.5, 0.6) is 0 Å². The van der Waals surface area contributed by atoms with E-state index in [1.165, 1.54) is 6.20 Å². The summed E-state index contributed by atoms with van der Waals surface area (Å²) in [6.45, 7) is 1.95. The first-order chi connectivity index (χ1) is 10.2. The second-order valence-corrected chi connectivity index (χ2v) is 4.68. The number of para-hydroxylation sites is 1. The van der Waals surface area contributed by atoms with Gasteiger partial charge in [0.05, 0.1) is 17.4 Å². The molecule has 0 aliphatic heterocycles. The van der Waals surface area contributed by atoms with E-state index in [4.69, 9.17) is 0 Å². The van der Waals surface area contributed by atoms with E-state index in [2.05, 4.69) is 15.4 Å². The maximum Gasteiger partial charge on any atom is 0.260 e. The average molecular weight is 278 g/mol. The Balaban J connectivity index is 1.77. The largest absolute Gasteiger partial charge is 0.306 e. The number of anilines is 1. The van der Waals surface area contributed by atoms with Crippen molar-refractivity contribution in [2.45, 2.75) is 6.92 Å². The van der Waals surface area contributed by atoms with Gasteiger partial charge in [0, 0.05) is 12.4 Å². The summed E-state index contributed by atoms with van der Waals surface area (Å²) in [7, 11) is 0. The van der Waals surface area contributed by atoms with Crippen molar-refractivity contribution in [2.75, 3.05) is 5.32 Å². The quantitative estimate of drug-likeness (QED) is 0.801. The highest BCUT2D eigenvalue weighted by molar-refractivity contribution is 6.03. The minimum Gasteiger partial charge on any atom is -0.306 e. The molecule has 1 N–H and O–H groups in total. The van der Waals surface area contributed by atoms with Gasteiger partial charge < -0.3 is 5.32 Å². The summed E-state index contributed by atoms with van der Waals surface area (Å²) < 4.78 is 1.66. The zero-order chi connectivity index (χ0) is 14.7. The standard InChI is InChI=1S/C16H14N4O/c1-12-7-8-15(17-9-12)19-16(21)13-10-18-20(11-13)14-5-3-2-4-6-14/h2-11H,1H3,(H,17,19,21). The summed E-state index contributed by atoms with van der Waals surface area (Å²) in [4.78, 5) is 16.3. The van der Waals surface area contributed by atoms with Crippen LogP contribution in [0.4, 0.5) is 5.82 Å². The van der Waals surface area contributed by atoms with Gasteiger partial charge in [-0.2, -0.15) is 5.10 Å². The summed E-state index contributed by atoms with van der Waals surface area (Å²) in [5.74, 6) is 0.298. The number of carbonyl (C=O) groups excluding carboxylic acids is 1. The molecule has 2 heterocycles. The van der Waals surface area contributed by atoms with Gasteiger partial charge in [-0.3, -0.25) is 4.79 Å². The fraction of sp³-hybridized carbons (Fsp3) is 0.0625. The number of pyridine rings is 1. The lowest BCUT2D eigenvalue weighted by atomic mass is 10.3. The van der Waals surface area contributed by atoms with Crippen molar-refractivity contribution in [2.24, 2.45) is 0 Å². The Morgan fingerprint density at radius 1 is 1.10 bits per heavy atom. The predicted molar refractivity (Wildman–Crippen MR) is 80.5 cm³/mol. The zero-order valence-electron chi connectivity index (χ0n) is 11.5. The van der Waals surface area contributed by atoms with Crippen LogP contribution >= 0.6 is 0 Å². The van der Waals surface area contributed by atoms with Crippen molar-refractivity contribution >= 4 is 11.7 Å². The fourth-order valence-corrected chi connectivity index (χ4v) is 1.89. The topological polar surface area (TPSA) is 59.8 Å². The molecular weight excluding hydrogens is 264 g/mol. The Labute approximate surface area is 122 Å². The van der Waals surface area contributed by atoms with Crippen molar-refractivity contribution in [3.63, 3.8) is 0 Å². The average Bonchev–Trinajstić information content (AvgIpc) is 3.00. The third-order valence-corrected chi connectivity index (χ3v) is 3.02. The SMILES string of the molecule is Cc1ccc(NC(=O)c2cnn(-c3ccccc3)c2)nc1. The molecule has 0 spiro atoms. The van der Waals surface area contributed by atoms with E-state index < -0.39 is 0 Å². The third kappa shape index (κ3) is 2.97. The molecule has 0 aliphatic carbocycles. The molecule has 0 bridgehead atoms. The molecule has 1 amide bonds. The van der Waals surface area contributed by atoms with Gasteiger partial charge >= 0.3 is 0 Å². The Hall–Kier alpha value is -2.95. The first-order valence-corrected chi connectivity index (χ1v) is 6.56. The number of nitrogens with one attached hydrogen (secondary N) is 1. The van der Waals surface area contributed by atoms with Crippen LogP contribution in [-0.2, 0) is 0 Å². The van der Waals surface area contributed by atoms with E-state index in [0.29, 0.717) is 11.4 Å². The first-order valence-electron chi connectivity index (χ1n) is 6.56. The minimum atomic E-state index is -0.228. The number of aromatic nitrogens is 3. The van der Waals surface area contributed by atoms with Crippen molar-refractivity contribution in [3.05, 3.63) is 72.2 Å². The monoisotopic (exact) mass is 278 g/mol. The van der Waals surface area contributed by atoms with Gasteiger partial charge in [0.2, 0.25) is 0 Å². The molecule has 0 fully saturated rings. The fourth-order valence-electron chi connectivity index (χ4n) is 1.89. The van der Waals surface area contributed by atoms with Crippen molar-refractivity contribution < 1.29 is 4.79 Å². The van der Waals surface area contributed by atoms with Crippen LogP contribution in [0, 0.1) is 6.92 Å². The third-order valence-electron chi connectivity index (χ3n) is 3.02. The summed E-state index contributed by atoms with van der Waals surface area (Å²) in [6, 6.07) is 13.3. The summed E-state index contributed by atoms with van der Waals surface area (Å²) in [6.07, 6.45) is 4.94. The van der Waals surface area contributed by atoms with Gasteiger partial charge in [-0.05, 0) is 30.7 Å². The highest BCUT2D eigenvalue weighted by Gasteiger charge is 2.10. The maximum atomic E-state index is 12.1. The molecule has 0 unspecified atom stereocenters. The minimum absolute atomic E-state index is 0.228. The normalized spacial score (nSPS) is 10.3. The van der Waals surface area contributed by atoms with Gasteiger partial charge in [-0.25, -0.2) is 9.67 Å².